The average Bonchev–Trinajstić information content (AvgIpc) is 2.38. The predicted molar refractivity (Wildman–Crippen MR) is 71.0 cm³/mol. The first-order chi connectivity index (χ1) is 9.36. The number of nitrogens with one attached hydrogen (secondary N) is 1. The van der Waals surface area contributed by atoms with Crippen molar-refractivity contribution < 1.29 is 18.4 Å². The number of carbonyl (C=O) groups excluding carboxylic acids is 2. The van der Waals surface area contributed by atoms with Crippen molar-refractivity contribution in [2.45, 2.75) is 19.8 Å². The molecule has 0 saturated carbocycles. The highest BCUT2D eigenvalue weighted by molar-refractivity contribution is 5.97. The Morgan fingerprint density at radius 3 is 2.50 bits per heavy atom. The van der Waals surface area contributed by atoms with Crippen molar-refractivity contribution >= 4 is 17.5 Å². The molecule has 1 unspecified atom stereocenters. The average molecular weight is 285 g/mol. The third-order valence-electron chi connectivity index (χ3n) is 2.87. The molecule has 1 rings (SSSR count). The molecule has 0 heterocycles. The van der Waals surface area contributed by atoms with Crippen LogP contribution in [0.4, 0.5) is 14.5 Å². The van der Waals surface area contributed by atoms with Gasteiger partial charge >= 0.3 is 0 Å². The number of halogens is 2. The van der Waals surface area contributed by atoms with Crippen LogP contribution in [0.5, 0.6) is 0 Å². The standard InChI is InChI=1S/C13H17F2N3O2/c1-7(3-2-4-16)13(20)18-11-5-8(12(17)19)9(14)6-10(11)15/h5-7H,2-4,16H2,1H3,(H2,17,19)(H,18,20). The van der Waals surface area contributed by atoms with Gasteiger partial charge in [-0.1, -0.05) is 6.92 Å². The van der Waals surface area contributed by atoms with Crippen molar-refractivity contribution in [2.24, 2.45) is 17.4 Å². The highest BCUT2D eigenvalue weighted by Crippen LogP contribution is 2.20. The van der Waals surface area contributed by atoms with Crippen LogP contribution in [0.15, 0.2) is 12.1 Å². The van der Waals surface area contributed by atoms with Crippen molar-refractivity contribution in [3.63, 3.8) is 0 Å². The monoisotopic (exact) mass is 285 g/mol. The van der Waals surface area contributed by atoms with Crippen LogP contribution >= 0.6 is 0 Å². The summed E-state index contributed by atoms with van der Waals surface area (Å²) in [7, 11) is 0. The van der Waals surface area contributed by atoms with E-state index in [2.05, 4.69) is 5.32 Å². The molecule has 0 aliphatic heterocycles. The molecule has 1 aromatic rings. The fourth-order valence-electron chi connectivity index (χ4n) is 1.64. The number of nitrogens with two attached hydrogens (primary N) is 2. The quantitative estimate of drug-likeness (QED) is 0.736. The minimum absolute atomic E-state index is 0.273. The Hall–Kier alpha value is -2.02. The first-order valence-corrected chi connectivity index (χ1v) is 6.16. The molecule has 7 heteroatoms. The Morgan fingerprint density at radius 2 is 1.95 bits per heavy atom. The minimum Gasteiger partial charge on any atom is -0.366 e. The van der Waals surface area contributed by atoms with Gasteiger partial charge in [-0.2, -0.15) is 0 Å². The van der Waals surface area contributed by atoms with E-state index < -0.39 is 29.0 Å². The summed E-state index contributed by atoms with van der Waals surface area (Å²) in [4.78, 5) is 22.8. The summed E-state index contributed by atoms with van der Waals surface area (Å²) in [6, 6.07) is 1.40. The van der Waals surface area contributed by atoms with Crippen molar-refractivity contribution in [3.05, 3.63) is 29.3 Å². The Balaban J connectivity index is 2.89. The van der Waals surface area contributed by atoms with Crippen LogP contribution in [0.1, 0.15) is 30.1 Å². The summed E-state index contributed by atoms with van der Waals surface area (Å²) in [5.74, 6) is -3.87. The molecule has 1 atom stereocenters. The van der Waals surface area contributed by atoms with Gasteiger partial charge in [0.15, 0.2) is 0 Å². The first-order valence-electron chi connectivity index (χ1n) is 6.16. The Labute approximate surface area is 115 Å². The van der Waals surface area contributed by atoms with E-state index in [9.17, 15) is 18.4 Å². The van der Waals surface area contributed by atoms with Crippen LogP contribution in [0.3, 0.4) is 0 Å². The number of hydrogen-bond donors (Lipinski definition) is 3. The van der Waals surface area contributed by atoms with Gasteiger partial charge in [0.2, 0.25) is 5.91 Å². The van der Waals surface area contributed by atoms with Gasteiger partial charge in [-0.15, -0.1) is 0 Å². The summed E-state index contributed by atoms with van der Waals surface area (Å²) >= 11 is 0. The molecular weight excluding hydrogens is 268 g/mol. The van der Waals surface area contributed by atoms with Gasteiger partial charge in [0, 0.05) is 12.0 Å². The third-order valence-corrected chi connectivity index (χ3v) is 2.87. The van der Waals surface area contributed by atoms with Gasteiger partial charge < -0.3 is 16.8 Å². The topological polar surface area (TPSA) is 98.2 Å². The highest BCUT2D eigenvalue weighted by atomic mass is 19.1. The second-order valence-corrected chi connectivity index (χ2v) is 4.50. The number of carbonyl (C=O) groups is 2. The number of anilines is 1. The number of benzene rings is 1. The molecule has 0 bridgehead atoms. The van der Waals surface area contributed by atoms with Crippen LogP contribution in [0.2, 0.25) is 0 Å². The highest BCUT2D eigenvalue weighted by Gasteiger charge is 2.18. The Kier molecular flexibility index (Phi) is 5.57. The molecule has 0 aromatic heterocycles. The number of rotatable bonds is 6. The summed E-state index contributed by atoms with van der Waals surface area (Å²) in [6.45, 7) is 2.12. The largest absolute Gasteiger partial charge is 0.366 e. The lowest BCUT2D eigenvalue weighted by Crippen LogP contribution is -2.22. The van der Waals surface area contributed by atoms with Gasteiger partial charge in [-0.25, -0.2) is 8.78 Å². The van der Waals surface area contributed by atoms with Crippen LogP contribution in [-0.2, 0) is 4.79 Å². The maximum Gasteiger partial charge on any atom is 0.251 e. The van der Waals surface area contributed by atoms with E-state index in [-0.39, 0.29) is 11.6 Å². The van der Waals surface area contributed by atoms with E-state index in [0.29, 0.717) is 25.5 Å². The lowest BCUT2D eigenvalue weighted by Gasteiger charge is -2.13. The lowest BCUT2D eigenvalue weighted by molar-refractivity contribution is -0.119. The van der Waals surface area contributed by atoms with E-state index in [1.165, 1.54) is 0 Å². The smallest absolute Gasteiger partial charge is 0.251 e. The number of hydrogen-bond acceptors (Lipinski definition) is 3. The molecule has 0 aliphatic carbocycles. The van der Waals surface area contributed by atoms with Crippen molar-refractivity contribution in [1.82, 2.24) is 0 Å². The zero-order valence-corrected chi connectivity index (χ0v) is 11.1. The van der Waals surface area contributed by atoms with E-state index in [0.717, 1.165) is 6.07 Å². The normalized spacial score (nSPS) is 12.0. The fourth-order valence-corrected chi connectivity index (χ4v) is 1.64. The van der Waals surface area contributed by atoms with Crippen LogP contribution in [0, 0.1) is 17.6 Å². The number of amides is 2. The summed E-state index contributed by atoms with van der Waals surface area (Å²) in [5.41, 5.74) is 9.55. The van der Waals surface area contributed by atoms with Crippen LogP contribution in [-0.4, -0.2) is 18.4 Å². The second kappa shape index (κ2) is 6.95. The van der Waals surface area contributed by atoms with Gasteiger partial charge in [-0.05, 0) is 25.5 Å². The van der Waals surface area contributed by atoms with E-state index in [4.69, 9.17) is 11.5 Å². The minimum atomic E-state index is -1.07. The summed E-state index contributed by atoms with van der Waals surface area (Å²) < 4.78 is 26.8. The maximum atomic E-state index is 13.5. The van der Waals surface area contributed by atoms with Gasteiger partial charge in [-0.3, -0.25) is 9.59 Å². The van der Waals surface area contributed by atoms with E-state index in [1.54, 1.807) is 6.92 Å². The van der Waals surface area contributed by atoms with Crippen molar-refractivity contribution in [1.29, 1.82) is 0 Å². The summed E-state index contributed by atoms with van der Waals surface area (Å²) in [6.07, 6.45) is 1.21. The molecule has 0 aliphatic rings. The molecule has 110 valence electrons. The Bertz CT molecular complexity index is 521. The SMILES string of the molecule is CC(CCCN)C(=O)Nc1cc(C(N)=O)c(F)cc1F. The summed E-state index contributed by atoms with van der Waals surface area (Å²) in [5, 5.41) is 2.31. The molecule has 5 nitrogen and oxygen atoms in total. The third kappa shape index (κ3) is 3.99. The van der Waals surface area contributed by atoms with E-state index in [1.807, 2.05) is 0 Å². The van der Waals surface area contributed by atoms with Crippen LogP contribution in [0.25, 0.3) is 0 Å². The molecule has 20 heavy (non-hydrogen) atoms. The lowest BCUT2D eigenvalue weighted by atomic mass is 10.0. The molecular formula is C13H17F2N3O2. The number of primary amides is 1. The van der Waals surface area contributed by atoms with E-state index >= 15 is 0 Å². The molecule has 0 saturated heterocycles. The van der Waals surface area contributed by atoms with Gasteiger partial charge in [0.05, 0.1) is 11.3 Å². The van der Waals surface area contributed by atoms with Crippen LogP contribution < -0.4 is 16.8 Å². The van der Waals surface area contributed by atoms with Crippen molar-refractivity contribution in [2.75, 3.05) is 11.9 Å². The first kappa shape index (κ1) is 16.0. The van der Waals surface area contributed by atoms with Gasteiger partial charge in [0.1, 0.15) is 11.6 Å². The molecule has 2 amide bonds. The fraction of sp³-hybridized carbons (Fsp3) is 0.385. The molecule has 0 radical (unpaired) electrons. The van der Waals surface area contributed by atoms with Crippen molar-refractivity contribution in [3.8, 4) is 0 Å². The molecule has 1 aromatic carbocycles. The molecule has 0 spiro atoms. The molecule has 5 N–H and O–H groups in total. The zero-order chi connectivity index (χ0) is 15.3. The van der Waals surface area contributed by atoms with Gasteiger partial charge in [0.25, 0.3) is 5.91 Å². The maximum absolute atomic E-state index is 13.5. The Morgan fingerprint density at radius 1 is 1.30 bits per heavy atom. The second-order valence-electron chi connectivity index (χ2n) is 4.50. The molecule has 0 fully saturated rings. The zero-order valence-electron chi connectivity index (χ0n) is 11.1. The predicted octanol–water partition coefficient (Wildman–Crippen LogP) is 1.38.